The molecule has 4 heteroatoms. The van der Waals surface area contributed by atoms with Crippen molar-refractivity contribution in [2.75, 3.05) is 13.2 Å². The molecule has 2 rings (SSSR count). The maximum atomic E-state index is 5.72. The number of aromatic nitrogens is 1. The first kappa shape index (κ1) is 15.1. The van der Waals surface area contributed by atoms with Crippen LogP contribution < -0.4 is 10.1 Å². The molecule has 20 heavy (non-hydrogen) atoms. The Morgan fingerprint density at radius 2 is 2.00 bits per heavy atom. The van der Waals surface area contributed by atoms with Crippen molar-refractivity contribution < 1.29 is 4.74 Å². The lowest BCUT2D eigenvalue weighted by atomic mass is 10.2. The molecule has 1 N–H and O–H groups in total. The van der Waals surface area contributed by atoms with Crippen LogP contribution in [0.2, 0.25) is 0 Å². The molecule has 0 spiro atoms. The predicted molar refractivity (Wildman–Crippen MR) is 86.2 cm³/mol. The monoisotopic (exact) mass is 336 g/mol. The molecule has 1 aromatic carbocycles. The summed E-state index contributed by atoms with van der Waals surface area (Å²) in [5.41, 5.74) is 1.32. The van der Waals surface area contributed by atoms with Crippen LogP contribution in [0.3, 0.4) is 0 Å². The number of nitrogens with zero attached hydrogens (tertiary/aromatic N) is 1. The summed E-state index contributed by atoms with van der Waals surface area (Å²) in [6, 6.07) is 10.5. The smallest absolute Gasteiger partial charge is 0.119 e. The number of rotatable bonds is 7. The highest BCUT2D eigenvalue weighted by Gasteiger charge is 2.05. The Kier molecular flexibility index (Phi) is 5.68. The zero-order chi connectivity index (χ0) is 14.4. The van der Waals surface area contributed by atoms with E-state index in [9.17, 15) is 0 Å². The minimum absolute atomic E-state index is 0.397. The summed E-state index contributed by atoms with van der Waals surface area (Å²) in [5, 5.41) is 3.41. The van der Waals surface area contributed by atoms with Crippen LogP contribution in [0.15, 0.2) is 47.2 Å². The Morgan fingerprint density at radius 3 is 2.70 bits per heavy atom. The highest BCUT2D eigenvalue weighted by atomic mass is 79.9. The highest BCUT2D eigenvalue weighted by Crippen LogP contribution is 2.16. The van der Waals surface area contributed by atoms with Crippen LogP contribution in [0.5, 0.6) is 5.75 Å². The van der Waals surface area contributed by atoms with Gasteiger partial charge in [0.1, 0.15) is 12.4 Å². The zero-order valence-electron chi connectivity index (χ0n) is 12.0. The lowest BCUT2D eigenvalue weighted by molar-refractivity contribution is 0.298. The lowest BCUT2D eigenvalue weighted by Crippen LogP contribution is -2.17. The van der Waals surface area contributed by atoms with Gasteiger partial charge in [0, 0.05) is 22.9 Å². The Balaban J connectivity index is 1.81. The molecule has 2 aromatic rings. The summed E-state index contributed by atoms with van der Waals surface area (Å²) in [5.74, 6) is 0.904. The number of hydrogen-bond acceptors (Lipinski definition) is 2. The number of benzene rings is 1. The molecule has 108 valence electrons. The first-order valence-electron chi connectivity index (χ1n) is 6.96. The van der Waals surface area contributed by atoms with Crippen molar-refractivity contribution in [1.29, 1.82) is 0 Å². The van der Waals surface area contributed by atoms with E-state index in [2.05, 4.69) is 58.1 Å². The molecular formula is C16H21BrN2O. The molecule has 1 heterocycles. The molecule has 0 bridgehead atoms. The van der Waals surface area contributed by atoms with Crippen LogP contribution in [0.25, 0.3) is 0 Å². The van der Waals surface area contributed by atoms with Gasteiger partial charge < -0.3 is 14.6 Å². The minimum Gasteiger partial charge on any atom is -0.492 e. The summed E-state index contributed by atoms with van der Waals surface area (Å²) >= 11 is 3.41. The topological polar surface area (TPSA) is 26.2 Å². The second-order valence-corrected chi connectivity index (χ2v) is 5.68. The summed E-state index contributed by atoms with van der Waals surface area (Å²) in [6.07, 6.45) is 4.28. The molecule has 0 aliphatic carbocycles. The highest BCUT2D eigenvalue weighted by molar-refractivity contribution is 9.10. The van der Waals surface area contributed by atoms with Gasteiger partial charge in [0.2, 0.25) is 0 Å². The maximum Gasteiger partial charge on any atom is 0.119 e. The average Bonchev–Trinajstić information content (AvgIpc) is 2.90. The van der Waals surface area contributed by atoms with Crippen molar-refractivity contribution >= 4 is 15.9 Å². The predicted octanol–water partition coefficient (Wildman–Crippen LogP) is 4.00. The standard InChI is InChI=1S/C16H21BrN2O/c1-3-18-13(2)14-8-9-19(12-14)10-11-20-16-6-4-15(17)5-7-16/h4-9,12-13,18H,3,10-11H2,1-2H3. The second-order valence-electron chi connectivity index (χ2n) is 4.76. The van der Waals surface area contributed by atoms with Gasteiger partial charge >= 0.3 is 0 Å². The average molecular weight is 337 g/mol. The third-order valence-corrected chi connectivity index (χ3v) is 3.74. The summed E-state index contributed by atoms with van der Waals surface area (Å²) in [7, 11) is 0. The minimum atomic E-state index is 0.397. The van der Waals surface area contributed by atoms with Crippen molar-refractivity contribution in [3.8, 4) is 5.75 Å². The number of ether oxygens (including phenoxy) is 1. The van der Waals surface area contributed by atoms with Crippen LogP contribution in [-0.4, -0.2) is 17.7 Å². The van der Waals surface area contributed by atoms with E-state index in [0.29, 0.717) is 12.6 Å². The SMILES string of the molecule is CCNC(C)c1ccn(CCOc2ccc(Br)cc2)c1. The van der Waals surface area contributed by atoms with Gasteiger partial charge in [-0.1, -0.05) is 22.9 Å². The fraction of sp³-hybridized carbons (Fsp3) is 0.375. The molecule has 0 saturated heterocycles. The molecule has 0 aliphatic rings. The molecule has 1 atom stereocenters. The van der Waals surface area contributed by atoms with Crippen LogP contribution in [0.4, 0.5) is 0 Å². The van der Waals surface area contributed by atoms with Gasteiger partial charge in [-0.2, -0.15) is 0 Å². The lowest BCUT2D eigenvalue weighted by Gasteiger charge is -2.10. The van der Waals surface area contributed by atoms with Crippen molar-refractivity contribution in [3.63, 3.8) is 0 Å². The van der Waals surface area contributed by atoms with Crippen LogP contribution >= 0.6 is 15.9 Å². The van der Waals surface area contributed by atoms with Gasteiger partial charge in [0.05, 0.1) is 6.54 Å². The fourth-order valence-electron chi connectivity index (χ4n) is 2.08. The zero-order valence-corrected chi connectivity index (χ0v) is 13.6. The van der Waals surface area contributed by atoms with Gasteiger partial charge in [-0.25, -0.2) is 0 Å². The van der Waals surface area contributed by atoms with E-state index in [1.54, 1.807) is 0 Å². The molecule has 3 nitrogen and oxygen atoms in total. The first-order chi connectivity index (χ1) is 9.69. The summed E-state index contributed by atoms with van der Waals surface area (Å²) in [6.45, 7) is 6.82. The van der Waals surface area contributed by atoms with E-state index < -0.39 is 0 Å². The fourth-order valence-corrected chi connectivity index (χ4v) is 2.34. The number of nitrogens with one attached hydrogen (secondary N) is 1. The molecule has 0 saturated carbocycles. The van der Waals surface area contributed by atoms with Gasteiger partial charge in [0.25, 0.3) is 0 Å². The van der Waals surface area contributed by atoms with Crippen molar-refractivity contribution in [2.24, 2.45) is 0 Å². The van der Waals surface area contributed by atoms with Gasteiger partial charge in [-0.15, -0.1) is 0 Å². The van der Waals surface area contributed by atoms with E-state index in [4.69, 9.17) is 4.74 Å². The van der Waals surface area contributed by atoms with E-state index >= 15 is 0 Å². The molecule has 1 aromatic heterocycles. The van der Waals surface area contributed by atoms with Gasteiger partial charge in [-0.05, 0) is 49.4 Å². The van der Waals surface area contributed by atoms with Crippen molar-refractivity contribution in [1.82, 2.24) is 9.88 Å². The van der Waals surface area contributed by atoms with E-state index in [1.165, 1.54) is 5.56 Å². The van der Waals surface area contributed by atoms with Gasteiger partial charge in [-0.3, -0.25) is 0 Å². The normalized spacial score (nSPS) is 12.3. The summed E-state index contributed by atoms with van der Waals surface area (Å²) in [4.78, 5) is 0. The van der Waals surface area contributed by atoms with Gasteiger partial charge in [0.15, 0.2) is 0 Å². The maximum absolute atomic E-state index is 5.72. The van der Waals surface area contributed by atoms with E-state index in [-0.39, 0.29) is 0 Å². The van der Waals surface area contributed by atoms with Crippen molar-refractivity contribution in [3.05, 3.63) is 52.8 Å². The molecular weight excluding hydrogens is 316 g/mol. The molecule has 0 radical (unpaired) electrons. The van der Waals surface area contributed by atoms with E-state index in [1.807, 2.05) is 24.3 Å². The Labute approximate surface area is 129 Å². The molecule has 0 fully saturated rings. The summed E-state index contributed by atoms with van der Waals surface area (Å²) < 4.78 is 8.96. The Bertz CT molecular complexity index is 522. The van der Waals surface area contributed by atoms with Crippen LogP contribution in [0.1, 0.15) is 25.5 Å². The third kappa shape index (κ3) is 4.39. The quantitative estimate of drug-likeness (QED) is 0.826. The van der Waals surface area contributed by atoms with Crippen LogP contribution in [0, 0.1) is 0 Å². The molecule has 1 unspecified atom stereocenters. The van der Waals surface area contributed by atoms with Crippen molar-refractivity contribution in [2.45, 2.75) is 26.4 Å². The number of hydrogen-bond donors (Lipinski definition) is 1. The van der Waals surface area contributed by atoms with E-state index in [0.717, 1.165) is 23.3 Å². The van der Waals surface area contributed by atoms with Crippen LogP contribution in [-0.2, 0) is 6.54 Å². The largest absolute Gasteiger partial charge is 0.492 e. The third-order valence-electron chi connectivity index (χ3n) is 3.22. The first-order valence-corrected chi connectivity index (χ1v) is 7.75. The Hall–Kier alpha value is -1.26. The Morgan fingerprint density at radius 1 is 1.25 bits per heavy atom. The number of halogens is 1. The second kappa shape index (κ2) is 7.50. The molecule has 0 aliphatic heterocycles. The molecule has 0 amide bonds.